The molecule has 39 heavy (non-hydrogen) atoms. The fraction of sp³-hybridized carbons (Fsp3) is 0.280. The van der Waals surface area contributed by atoms with E-state index in [4.69, 9.17) is 16.6 Å². The molecule has 0 spiro atoms. The molecule has 4 aromatic heterocycles. The van der Waals surface area contributed by atoms with Crippen LogP contribution in [0.1, 0.15) is 48.1 Å². The van der Waals surface area contributed by atoms with E-state index in [1.165, 1.54) is 18.5 Å². The van der Waals surface area contributed by atoms with Gasteiger partial charge < -0.3 is 9.88 Å². The summed E-state index contributed by atoms with van der Waals surface area (Å²) in [5.74, 6) is -0.277. The van der Waals surface area contributed by atoms with Gasteiger partial charge in [0.2, 0.25) is 0 Å². The summed E-state index contributed by atoms with van der Waals surface area (Å²) in [7, 11) is 0. The minimum atomic E-state index is -2.83. The third-order valence-electron chi connectivity index (χ3n) is 6.65. The number of halogens is 4. The first-order chi connectivity index (χ1) is 18.9. The average Bonchev–Trinajstić information content (AvgIpc) is 3.67. The highest BCUT2D eigenvalue weighted by Gasteiger charge is 2.30. The maximum atomic E-state index is 15.0. The Hall–Kier alpha value is -3.84. The third kappa shape index (κ3) is 4.99. The van der Waals surface area contributed by atoms with Gasteiger partial charge in [0.1, 0.15) is 33.5 Å². The largest absolute Gasteiger partial charge is 0.347 e. The van der Waals surface area contributed by atoms with Crippen LogP contribution in [0, 0.1) is 5.82 Å². The van der Waals surface area contributed by atoms with Gasteiger partial charge >= 0.3 is 6.55 Å². The molecule has 9 nitrogen and oxygen atoms in total. The molecule has 1 fully saturated rings. The molecule has 0 bridgehead atoms. The van der Waals surface area contributed by atoms with Crippen LogP contribution in [-0.2, 0) is 0 Å². The van der Waals surface area contributed by atoms with Crippen molar-refractivity contribution in [1.29, 1.82) is 0 Å². The molecular weight excluding hydrogens is 553 g/mol. The Morgan fingerprint density at radius 2 is 2.00 bits per heavy atom. The van der Waals surface area contributed by atoms with Crippen LogP contribution in [-0.4, -0.2) is 46.2 Å². The van der Waals surface area contributed by atoms with Crippen LogP contribution in [0.5, 0.6) is 0 Å². The minimum absolute atomic E-state index is 0.0354. The van der Waals surface area contributed by atoms with Crippen molar-refractivity contribution in [3.05, 3.63) is 64.2 Å². The standard InChI is InChI=1S/C25H20ClF3N8OS/c26-20-11-31-24(39-20)23(38)33-13-4-3-5-14(8-13)37-19-9-17(21-32-12-36(35-21)25(28)29)30-10-18(19)34-22(37)15-6-1-2-7-16(15)27/h1-2,6-7,9-14,25H,3-5,8H2,(H,33,38)/t13-,14?/m0/s1. The van der Waals surface area contributed by atoms with E-state index in [0.717, 1.165) is 36.9 Å². The van der Waals surface area contributed by atoms with Crippen LogP contribution >= 0.6 is 22.9 Å². The van der Waals surface area contributed by atoms with Crippen molar-refractivity contribution in [3.63, 3.8) is 0 Å². The normalized spacial score (nSPS) is 17.7. The third-order valence-corrected chi connectivity index (χ3v) is 7.76. The number of nitrogens with zero attached hydrogens (tertiary/aromatic N) is 7. The predicted molar refractivity (Wildman–Crippen MR) is 139 cm³/mol. The molecule has 6 rings (SSSR count). The van der Waals surface area contributed by atoms with Gasteiger partial charge in [-0.15, -0.1) is 5.10 Å². The van der Waals surface area contributed by atoms with E-state index in [9.17, 15) is 18.0 Å². The molecular formula is C25H20ClF3N8OS. The van der Waals surface area contributed by atoms with Crippen LogP contribution in [0.15, 0.2) is 49.1 Å². The minimum Gasteiger partial charge on any atom is -0.347 e. The second kappa shape index (κ2) is 10.4. The molecule has 1 unspecified atom stereocenters. The van der Waals surface area contributed by atoms with E-state index in [1.807, 2.05) is 4.57 Å². The zero-order valence-corrected chi connectivity index (χ0v) is 21.7. The number of hydrogen-bond acceptors (Lipinski definition) is 7. The van der Waals surface area contributed by atoms with Crippen LogP contribution in [0.3, 0.4) is 0 Å². The molecule has 2 atom stereocenters. The molecule has 1 N–H and O–H groups in total. The fourth-order valence-electron chi connectivity index (χ4n) is 4.95. The number of benzene rings is 1. The van der Waals surface area contributed by atoms with Crippen LogP contribution in [0.2, 0.25) is 4.34 Å². The monoisotopic (exact) mass is 572 g/mol. The molecule has 1 aliphatic rings. The van der Waals surface area contributed by atoms with Crippen LogP contribution in [0.25, 0.3) is 33.9 Å². The lowest BCUT2D eigenvalue weighted by Gasteiger charge is -2.32. The maximum absolute atomic E-state index is 15.0. The van der Waals surface area contributed by atoms with Gasteiger partial charge in [-0.25, -0.2) is 19.3 Å². The van der Waals surface area contributed by atoms with Crippen LogP contribution < -0.4 is 5.32 Å². The molecule has 5 aromatic rings. The second-order valence-electron chi connectivity index (χ2n) is 9.13. The number of pyridine rings is 1. The molecule has 0 aliphatic heterocycles. The molecule has 1 amide bonds. The van der Waals surface area contributed by atoms with Gasteiger partial charge in [-0.3, -0.25) is 9.78 Å². The lowest BCUT2D eigenvalue weighted by Crippen LogP contribution is -2.39. The number of nitrogens with one attached hydrogen (secondary N) is 1. The molecule has 0 saturated heterocycles. The lowest BCUT2D eigenvalue weighted by molar-refractivity contribution is 0.0564. The SMILES string of the molecule is O=C(N[C@H]1CCCC(n2c(-c3ccccc3F)nc3cnc(-c4ncn(C(F)F)n4)cc32)C1)c1ncc(Cl)s1. The summed E-state index contributed by atoms with van der Waals surface area (Å²) in [6.07, 6.45) is 6.79. The summed E-state index contributed by atoms with van der Waals surface area (Å²) in [6, 6.07) is 7.73. The maximum Gasteiger partial charge on any atom is 0.334 e. The highest BCUT2D eigenvalue weighted by molar-refractivity contribution is 7.17. The van der Waals surface area contributed by atoms with Crippen molar-refractivity contribution in [1.82, 2.24) is 39.6 Å². The number of imidazole rings is 1. The quantitative estimate of drug-likeness (QED) is 0.271. The smallest absolute Gasteiger partial charge is 0.334 e. The van der Waals surface area contributed by atoms with Crippen molar-refractivity contribution in [2.75, 3.05) is 0 Å². The summed E-state index contributed by atoms with van der Waals surface area (Å²) < 4.78 is 43.9. The number of aromatic nitrogens is 7. The van der Waals surface area contributed by atoms with Crippen molar-refractivity contribution in [3.8, 4) is 22.9 Å². The summed E-state index contributed by atoms with van der Waals surface area (Å²) in [6.45, 7) is -2.83. The summed E-state index contributed by atoms with van der Waals surface area (Å²) in [5, 5.41) is 7.16. The number of fused-ring (bicyclic) bond motifs is 1. The van der Waals surface area contributed by atoms with Gasteiger partial charge in [-0.1, -0.05) is 35.1 Å². The van der Waals surface area contributed by atoms with Crippen LogP contribution in [0.4, 0.5) is 13.2 Å². The van der Waals surface area contributed by atoms with Gasteiger partial charge in [-0.05, 0) is 43.9 Å². The molecule has 1 aromatic carbocycles. The zero-order chi connectivity index (χ0) is 27.1. The van der Waals surface area contributed by atoms with E-state index < -0.39 is 12.4 Å². The number of hydrogen-bond donors (Lipinski definition) is 1. The summed E-state index contributed by atoms with van der Waals surface area (Å²) >= 11 is 7.05. The number of rotatable bonds is 6. The molecule has 1 saturated carbocycles. The Morgan fingerprint density at radius 1 is 1.15 bits per heavy atom. The first-order valence-corrected chi connectivity index (χ1v) is 13.3. The first kappa shape index (κ1) is 25.4. The van der Waals surface area contributed by atoms with Gasteiger partial charge in [0.15, 0.2) is 10.8 Å². The van der Waals surface area contributed by atoms with Crippen molar-refractivity contribution in [2.24, 2.45) is 0 Å². The highest BCUT2D eigenvalue weighted by atomic mass is 35.5. The van der Waals surface area contributed by atoms with Crippen molar-refractivity contribution in [2.45, 2.75) is 44.3 Å². The first-order valence-electron chi connectivity index (χ1n) is 12.1. The van der Waals surface area contributed by atoms with E-state index >= 15 is 0 Å². The molecule has 1 aliphatic carbocycles. The summed E-state index contributed by atoms with van der Waals surface area (Å²) in [4.78, 5) is 29.8. The van der Waals surface area contributed by atoms with Gasteiger partial charge in [0, 0.05) is 12.1 Å². The summed E-state index contributed by atoms with van der Waals surface area (Å²) in [5.41, 5.74) is 1.74. The number of alkyl halides is 2. The Kier molecular flexibility index (Phi) is 6.77. The molecule has 0 radical (unpaired) electrons. The van der Waals surface area contributed by atoms with E-state index in [-0.39, 0.29) is 34.5 Å². The van der Waals surface area contributed by atoms with E-state index in [1.54, 1.807) is 24.3 Å². The Bertz CT molecular complexity index is 1670. The molecule has 4 heterocycles. The van der Waals surface area contributed by atoms with E-state index in [2.05, 4.69) is 25.4 Å². The van der Waals surface area contributed by atoms with Crippen molar-refractivity contribution < 1.29 is 18.0 Å². The van der Waals surface area contributed by atoms with E-state index in [0.29, 0.717) is 37.9 Å². The highest BCUT2D eigenvalue weighted by Crippen LogP contribution is 2.37. The topological polar surface area (TPSA) is 103 Å². The van der Waals surface area contributed by atoms with Gasteiger partial charge in [0.05, 0.1) is 23.5 Å². The Morgan fingerprint density at radius 3 is 2.74 bits per heavy atom. The zero-order valence-electron chi connectivity index (χ0n) is 20.1. The number of amides is 1. The number of carbonyl (C=O) groups excluding carboxylic acids is 1. The molecule has 200 valence electrons. The second-order valence-corrected chi connectivity index (χ2v) is 10.8. The predicted octanol–water partition coefficient (Wildman–Crippen LogP) is 5.91. The Balaban J connectivity index is 1.40. The number of thiazole rings is 1. The van der Waals surface area contributed by atoms with Crippen molar-refractivity contribution >= 4 is 39.9 Å². The molecule has 14 heteroatoms. The Labute approximate surface area is 228 Å². The number of carbonyl (C=O) groups is 1. The average molecular weight is 573 g/mol. The van der Waals surface area contributed by atoms with Gasteiger partial charge in [0.25, 0.3) is 5.91 Å². The lowest BCUT2D eigenvalue weighted by atomic mass is 9.90. The van der Waals surface area contributed by atoms with Gasteiger partial charge in [-0.2, -0.15) is 13.5 Å². The fourth-order valence-corrected chi connectivity index (χ4v) is 5.76.